The second kappa shape index (κ2) is 6.41. The number of halogens is 1. The summed E-state index contributed by atoms with van der Waals surface area (Å²) < 4.78 is 0. The van der Waals surface area contributed by atoms with Crippen LogP contribution in [0.1, 0.15) is 39.9 Å². The van der Waals surface area contributed by atoms with Gasteiger partial charge in [-0.3, -0.25) is 4.79 Å². The molecule has 0 atom stereocenters. The van der Waals surface area contributed by atoms with Crippen LogP contribution in [0.25, 0.3) is 0 Å². The van der Waals surface area contributed by atoms with Crippen LogP contribution in [0.4, 0.5) is 5.69 Å². The molecular formula is C18H19ClN2O. The number of nitrogens with one attached hydrogen (secondary N) is 1. The zero-order valence-corrected chi connectivity index (χ0v) is 13.1. The fraction of sp³-hybridized carbons (Fsp3) is 0.278. The van der Waals surface area contributed by atoms with Crippen molar-refractivity contribution in [2.45, 2.75) is 32.2 Å². The fourth-order valence-corrected chi connectivity index (χ4v) is 3.19. The van der Waals surface area contributed by atoms with Crippen LogP contribution in [-0.2, 0) is 19.4 Å². The zero-order chi connectivity index (χ0) is 15.5. The second-order valence-electron chi connectivity index (χ2n) is 5.68. The molecule has 0 saturated heterocycles. The number of nitrogen functional groups attached to an aromatic ring is 1. The fourth-order valence-electron chi connectivity index (χ4n) is 3.02. The molecule has 3 rings (SSSR count). The highest BCUT2D eigenvalue weighted by Gasteiger charge is 2.14. The number of nitrogens with two attached hydrogens (primary N) is 1. The number of carbonyl (C=O) groups excluding carboxylic acids is 1. The minimum absolute atomic E-state index is 0.187. The Kier molecular flexibility index (Phi) is 4.34. The summed E-state index contributed by atoms with van der Waals surface area (Å²) in [6.07, 6.45) is 4.71. The summed E-state index contributed by atoms with van der Waals surface area (Å²) in [5, 5.41) is 3.47. The number of fused-ring (bicyclic) bond motifs is 1. The number of aryl methyl sites for hydroxylation is 1. The minimum Gasteiger partial charge on any atom is -0.398 e. The topological polar surface area (TPSA) is 55.1 Å². The number of rotatable bonds is 3. The lowest BCUT2D eigenvalue weighted by atomic mass is 9.88. The van der Waals surface area contributed by atoms with Crippen LogP contribution in [-0.4, -0.2) is 5.91 Å². The van der Waals surface area contributed by atoms with E-state index in [4.69, 9.17) is 17.3 Å². The van der Waals surface area contributed by atoms with Gasteiger partial charge >= 0.3 is 0 Å². The highest BCUT2D eigenvalue weighted by molar-refractivity contribution is 6.31. The number of hydrogen-bond donors (Lipinski definition) is 2. The van der Waals surface area contributed by atoms with E-state index in [1.165, 1.54) is 29.5 Å². The van der Waals surface area contributed by atoms with Crippen LogP contribution < -0.4 is 11.1 Å². The van der Waals surface area contributed by atoms with Gasteiger partial charge in [0.1, 0.15) is 0 Å². The van der Waals surface area contributed by atoms with Crippen molar-refractivity contribution in [3.05, 3.63) is 63.7 Å². The van der Waals surface area contributed by atoms with Crippen LogP contribution in [0.15, 0.2) is 36.4 Å². The molecular weight excluding hydrogens is 296 g/mol. The molecule has 0 saturated carbocycles. The predicted octanol–water partition coefficient (Wildman–Crippen LogP) is 3.73. The third-order valence-corrected chi connectivity index (χ3v) is 4.43. The Balaban J connectivity index is 1.75. The van der Waals surface area contributed by atoms with E-state index in [1.54, 1.807) is 18.2 Å². The van der Waals surface area contributed by atoms with E-state index < -0.39 is 0 Å². The molecule has 1 amide bonds. The molecule has 1 aliphatic carbocycles. The summed E-state index contributed by atoms with van der Waals surface area (Å²) in [5.74, 6) is -0.187. The zero-order valence-electron chi connectivity index (χ0n) is 12.4. The van der Waals surface area contributed by atoms with Crippen molar-refractivity contribution < 1.29 is 4.79 Å². The van der Waals surface area contributed by atoms with Gasteiger partial charge in [-0.05, 0) is 60.6 Å². The van der Waals surface area contributed by atoms with E-state index in [-0.39, 0.29) is 5.91 Å². The first-order valence-electron chi connectivity index (χ1n) is 7.58. The van der Waals surface area contributed by atoms with Crippen LogP contribution in [0, 0.1) is 0 Å². The first kappa shape index (κ1) is 14.9. The molecule has 0 bridgehead atoms. The molecule has 0 aliphatic heterocycles. The van der Waals surface area contributed by atoms with Gasteiger partial charge in [0.05, 0.1) is 5.56 Å². The smallest absolute Gasteiger partial charge is 0.253 e. The van der Waals surface area contributed by atoms with Crippen molar-refractivity contribution in [2.24, 2.45) is 0 Å². The van der Waals surface area contributed by atoms with Crippen LogP contribution in [0.2, 0.25) is 5.02 Å². The Morgan fingerprint density at radius 2 is 2.00 bits per heavy atom. The maximum atomic E-state index is 12.3. The Bertz CT molecular complexity index is 712. The van der Waals surface area contributed by atoms with E-state index in [0.717, 1.165) is 12.8 Å². The van der Waals surface area contributed by atoms with Crippen molar-refractivity contribution >= 4 is 23.2 Å². The Labute approximate surface area is 135 Å². The Hall–Kier alpha value is -2.00. The van der Waals surface area contributed by atoms with Crippen molar-refractivity contribution in [1.29, 1.82) is 0 Å². The van der Waals surface area contributed by atoms with E-state index in [1.807, 2.05) is 0 Å². The number of amides is 1. The van der Waals surface area contributed by atoms with Crippen LogP contribution in [0.3, 0.4) is 0 Å². The highest BCUT2D eigenvalue weighted by Crippen LogP contribution is 2.24. The van der Waals surface area contributed by atoms with Gasteiger partial charge < -0.3 is 11.1 Å². The van der Waals surface area contributed by atoms with Gasteiger partial charge in [-0.1, -0.05) is 29.8 Å². The quantitative estimate of drug-likeness (QED) is 0.848. The lowest BCUT2D eigenvalue weighted by Crippen LogP contribution is -2.25. The van der Waals surface area contributed by atoms with Crippen LogP contribution >= 0.6 is 11.6 Å². The van der Waals surface area contributed by atoms with Crippen molar-refractivity contribution in [3.63, 3.8) is 0 Å². The normalized spacial score (nSPS) is 13.5. The van der Waals surface area contributed by atoms with E-state index in [2.05, 4.69) is 23.5 Å². The molecule has 2 aromatic carbocycles. The van der Waals surface area contributed by atoms with Crippen molar-refractivity contribution in [3.8, 4) is 0 Å². The van der Waals surface area contributed by atoms with Gasteiger partial charge in [0, 0.05) is 17.3 Å². The maximum absolute atomic E-state index is 12.3. The third-order valence-electron chi connectivity index (χ3n) is 4.19. The molecule has 1 aliphatic rings. The van der Waals surface area contributed by atoms with Crippen molar-refractivity contribution in [2.75, 3.05) is 5.73 Å². The van der Waals surface area contributed by atoms with Gasteiger partial charge in [-0.25, -0.2) is 0 Å². The molecule has 22 heavy (non-hydrogen) atoms. The molecule has 3 nitrogen and oxygen atoms in total. The average Bonchev–Trinajstić information content (AvgIpc) is 2.54. The lowest BCUT2D eigenvalue weighted by Gasteiger charge is -2.19. The third kappa shape index (κ3) is 3.09. The molecule has 0 spiro atoms. The maximum Gasteiger partial charge on any atom is 0.253 e. The summed E-state index contributed by atoms with van der Waals surface area (Å²) >= 11 is 5.94. The van der Waals surface area contributed by atoms with Gasteiger partial charge in [-0.15, -0.1) is 0 Å². The van der Waals surface area contributed by atoms with E-state index in [0.29, 0.717) is 22.8 Å². The molecule has 3 N–H and O–H groups in total. The summed E-state index contributed by atoms with van der Waals surface area (Å²) in [6.45, 7) is 0.522. The molecule has 0 fully saturated rings. The molecule has 0 radical (unpaired) electrons. The molecule has 114 valence electrons. The van der Waals surface area contributed by atoms with E-state index >= 15 is 0 Å². The molecule has 0 unspecified atom stereocenters. The van der Waals surface area contributed by atoms with E-state index in [9.17, 15) is 4.79 Å². The number of anilines is 1. The molecule has 2 aromatic rings. The Morgan fingerprint density at radius 3 is 2.86 bits per heavy atom. The largest absolute Gasteiger partial charge is 0.398 e. The number of hydrogen-bond acceptors (Lipinski definition) is 2. The molecule has 0 heterocycles. The summed E-state index contributed by atoms with van der Waals surface area (Å²) in [5.41, 5.74) is 10.7. The summed E-state index contributed by atoms with van der Waals surface area (Å²) in [6, 6.07) is 11.3. The second-order valence-corrected chi connectivity index (χ2v) is 6.11. The SMILES string of the molecule is Nc1ccc(Cl)cc1C(=O)NCc1cccc2c1CCCC2. The summed E-state index contributed by atoms with van der Waals surface area (Å²) in [4.78, 5) is 12.3. The van der Waals surface area contributed by atoms with Gasteiger partial charge in [-0.2, -0.15) is 0 Å². The summed E-state index contributed by atoms with van der Waals surface area (Å²) in [7, 11) is 0. The first-order valence-corrected chi connectivity index (χ1v) is 7.96. The average molecular weight is 315 g/mol. The highest BCUT2D eigenvalue weighted by atomic mass is 35.5. The monoisotopic (exact) mass is 314 g/mol. The van der Waals surface area contributed by atoms with Crippen molar-refractivity contribution in [1.82, 2.24) is 5.32 Å². The first-order chi connectivity index (χ1) is 10.6. The number of carbonyl (C=O) groups is 1. The lowest BCUT2D eigenvalue weighted by molar-refractivity contribution is 0.0951. The minimum atomic E-state index is -0.187. The molecule has 0 aromatic heterocycles. The number of benzene rings is 2. The Morgan fingerprint density at radius 1 is 1.18 bits per heavy atom. The molecule has 4 heteroatoms. The van der Waals surface area contributed by atoms with Crippen LogP contribution in [0.5, 0.6) is 0 Å². The standard InChI is InChI=1S/C18H19ClN2O/c19-14-8-9-17(20)16(10-14)18(22)21-11-13-6-3-5-12-4-1-2-7-15(12)13/h3,5-6,8-10H,1-2,4,7,11,20H2,(H,21,22). The van der Waals surface area contributed by atoms with Gasteiger partial charge in [0.15, 0.2) is 0 Å². The predicted molar refractivity (Wildman–Crippen MR) is 90.1 cm³/mol. The van der Waals surface area contributed by atoms with Gasteiger partial charge in [0.2, 0.25) is 0 Å². The van der Waals surface area contributed by atoms with Gasteiger partial charge in [0.25, 0.3) is 5.91 Å².